The third-order valence-corrected chi connectivity index (χ3v) is 4.39. The molecule has 0 fully saturated rings. The fourth-order valence-corrected chi connectivity index (χ4v) is 3.04. The number of pyridine rings is 1. The van der Waals surface area contributed by atoms with Crippen molar-refractivity contribution in [2.45, 2.75) is 20.3 Å². The number of fused-ring (bicyclic) bond motifs is 1. The lowest BCUT2D eigenvalue weighted by molar-refractivity contribution is 1.05. The first-order chi connectivity index (χ1) is 12.2. The third kappa shape index (κ3) is 3.26. The van der Waals surface area contributed by atoms with E-state index in [4.69, 9.17) is 4.98 Å². The summed E-state index contributed by atoms with van der Waals surface area (Å²) in [6.07, 6.45) is 2.67. The number of aryl methyl sites for hydroxylation is 2. The van der Waals surface area contributed by atoms with Crippen molar-refractivity contribution in [2.75, 3.05) is 0 Å². The van der Waals surface area contributed by atoms with Crippen molar-refractivity contribution in [3.63, 3.8) is 0 Å². The van der Waals surface area contributed by atoms with E-state index >= 15 is 0 Å². The SMILES string of the molecule is Cc1ccc(Cc2cccc(-c3ncc4ccccc4n3)n2)c(C)c1. The molecule has 2 aromatic heterocycles. The summed E-state index contributed by atoms with van der Waals surface area (Å²) in [5, 5.41) is 1.04. The van der Waals surface area contributed by atoms with Gasteiger partial charge in [0.25, 0.3) is 0 Å². The van der Waals surface area contributed by atoms with Crippen molar-refractivity contribution in [3.8, 4) is 11.5 Å². The molecule has 0 saturated heterocycles. The van der Waals surface area contributed by atoms with Crippen LogP contribution in [0.5, 0.6) is 0 Å². The molecule has 2 heterocycles. The number of benzene rings is 2. The Morgan fingerprint density at radius 1 is 0.840 bits per heavy atom. The zero-order valence-electron chi connectivity index (χ0n) is 14.4. The molecule has 0 aliphatic heterocycles. The number of hydrogen-bond acceptors (Lipinski definition) is 3. The summed E-state index contributed by atoms with van der Waals surface area (Å²) in [7, 11) is 0. The summed E-state index contributed by atoms with van der Waals surface area (Å²) in [6.45, 7) is 4.27. The predicted molar refractivity (Wildman–Crippen MR) is 101 cm³/mol. The van der Waals surface area contributed by atoms with Crippen LogP contribution in [0.3, 0.4) is 0 Å². The topological polar surface area (TPSA) is 38.7 Å². The fourth-order valence-electron chi connectivity index (χ4n) is 3.04. The van der Waals surface area contributed by atoms with E-state index in [2.05, 4.69) is 48.1 Å². The molecular weight excluding hydrogens is 306 g/mol. The van der Waals surface area contributed by atoms with E-state index < -0.39 is 0 Å². The van der Waals surface area contributed by atoms with Crippen molar-refractivity contribution >= 4 is 10.9 Å². The molecule has 0 aliphatic rings. The molecule has 4 aromatic rings. The zero-order chi connectivity index (χ0) is 17.2. The smallest absolute Gasteiger partial charge is 0.178 e. The van der Waals surface area contributed by atoms with Gasteiger partial charge in [-0.05, 0) is 43.2 Å². The Morgan fingerprint density at radius 2 is 1.72 bits per heavy atom. The largest absolute Gasteiger partial charge is 0.249 e. The second kappa shape index (κ2) is 6.44. The van der Waals surface area contributed by atoms with Crippen LogP contribution in [-0.2, 0) is 6.42 Å². The van der Waals surface area contributed by atoms with Gasteiger partial charge in [-0.15, -0.1) is 0 Å². The lowest BCUT2D eigenvalue weighted by Crippen LogP contribution is -1.98. The Hall–Kier alpha value is -3.07. The molecular formula is C22H19N3. The Bertz CT molecular complexity index is 1050. The Balaban J connectivity index is 1.68. The summed E-state index contributed by atoms with van der Waals surface area (Å²) in [4.78, 5) is 13.9. The number of hydrogen-bond donors (Lipinski definition) is 0. The molecule has 0 saturated carbocycles. The second-order valence-electron chi connectivity index (χ2n) is 6.37. The molecule has 0 unspecified atom stereocenters. The average Bonchev–Trinajstić information content (AvgIpc) is 2.64. The van der Waals surface area contributed by atoms with Gasteiger partial charge in [0.2, 0.25) is 0 Å². The summed E-state index contributed by atoms with van der Waals surface area (Å²) >= 11 is 0. The first kappa shape index (κ1) is 15.5. The van der Waals surface area contributed by atoms with Gasteiger partial charge in [0.15, 0.2) is 5.82 Å². The van der Waals surface area contributed by atoms with Crippen LogP contribution in [0.2, 0.25) is 0 Å². The highest BCUT2D eigenvalue weighted by atomic mass is 14.9. The average molecular weight is 325 g/mol. The Kier molecular flexibility index (Phi) is 3.98. The maximum Gasteiger partial charge on any atom is 0.178 e. The van der Waals surface area contributed by atoms with Crippen molar-refractivity contribution in [1.29, 1.82) is 0 Å². The van der Waals surface area contributed by atoms with Crippen LogP contribution >= 0.6 is 0 Å². The van der Waals surface area contributed by atoms with Gasteiger partial charge in [-0.25, -0.2) is 15.0 Å². The van der Waals surface area contributed by atoms with E-state index in [1.165, 1.54) is 16.7 Å². The normalized spacial score (nSPS) is 11.0. The van der Waals surface area contributed by atoms with E-state index in [0.29, 0.717) is 5.82 Å². The van der Waals surface area contributed by atoms with Gasteiger partial charge in [-0.2, -0.15) is 0 Å². The zero-order valence-corrected chi connectivity index (χ0v) is 14.4. The molecule has 0 aliphatic carbocycles. The Labute approximate surface area is 147 Å². The van der Waals surface area contributed by atoms with E-state index in [1.54, 1.807) is 0 Å². The highest BCUT2D eigenvalue weighted by molar-refractivity contribution is 5.79. The molecule has 122 valence electrons. The standard InChI is InChI=1S/C22H19N3/c1-15-10-11-17(16(2)12-15)13-19-7-5-9-21(24-19)22-23-14-18-6-3-4-8-20(18)25-22/h3-12,14H,13H2,1-2H3. The predicted octanol–water partition coefficient (Wildman–Crippen LogP) is 4.90. The minimum absolute atomic E-state index is 0.668. The van der Waals surface area contributed by atoms with E-state index in [1.807, 2.05) is 42.6 Å². The van der Waals surface area contributed by atoms with Gasteiger partial charge < -0.3 is 0 Å². The number of rotatable bonds is 3. The van der Waals surface area contributed by atoms with Crippen LogP contribution in [0.4, 0.5) is 0 Å². The lowest BCUT2D eigenvalue weighted by Gasteiger charge is -2.08. The molecule has 3 nitrogen and oxygen atoms in total. The maximum atomic E-state index is 4.78. The van der Waals surface area contributed by atoms with E-state index in [0.717, 1.165) is 28.7 Å². The molecule has 4 rings (SSSR count). The number of nitrogens with zero attached hydrogens (tertiary/aromatic N) is 3. The summed E-state index contributed by atoms with van der Waals surface area (Å²) in [5.41, 5.74) is 6.67. The van der Waals surface area contributed by atoms with Gasteiger partial charge in [-0.3, -0.25) is 0 Å². The van der Waals surface area contributed by atoms with E-state index in [9.17, 15) is 0 Å². The summed E-state index contributed by atoms with van der Waals surface area (Å²) in [6, 6.07) is 20.6. The van der Waals surface area contributed by atoms with Gasteiger partial charge in [0, 0.05) is 23.7 Å². The number of aromatic nitrogens is 3. The van der Waals surface area contributed by atoms with Crippen LogP contribution in [0.15, 0.2) is 66.9 Å². The van der Waals surface area contributed by atoms with Crippen LogP contribution in [-0.4, -0.2) is 15.0 Å². The van der Waals surface area contributed by atoms with Crippen molar-refractivity contribution in [3.05, 3.63) is 89.2 Å². The molecule has 0 radical (unpaired) electrons. The van der Waals surface area contributed by atoms with Gasteiger partial charge in [0.05, 0.1) is 5.52 Å². The minimum Gasteiger partial charge on any atom is -0.249 e. The molecule has 0 bridgehead atoms. The molecule has 25 heavy (non-hydrogen) atoms. The molecule has 0 spiro atoms. The first-order valence-corrected chi connectivity index (χ1v) is 8.43. The third-order valence-electron chi connectivity index (χ3n) is 4.39. The molecule has 0 atom stereocenters. The quantitative estimate of drug-likeness (QED) is 0.538. The van der Waals surface area contributed by atoms with Crippen LogP contribution in [0.1, 0.15) is 22.4 Å². The summed E-state index contributed by atoms with van der Waals surface area (Å²) < 4.78 is 0. The molecule has 0 N–H and O–H groups in total. The van der Waals surface area contributed by atoms with Crippen LogP contribution in [0.25, 0.3) is 22.4 Å². The van der Waals surface area contributed by atoms with Crippen LogP contribution in [0, 0.1) is 13.8 Å². The van der Waals surface area contributed by atoms with Gasteiger partial charge >= 0.3 is 0 Å². The molecule has 0 amide bonds. The fraction of sp³-hybridized carbons (Fsp3) is 0.136. The van der Waals surface area contributed by atoms with Crippen molar-refractivity contribution < 1.29 is 0 Å². The Morgan fingerprint density at radius 3 is 2.60 bits per heavy atom. The lowest BCUT2D eigenvalue weighted by atomic mass is 10.0. The van der Waals surface area contributed by atoms with Crippen molar-refractivity contribution in [2.24, 2.45) is 0 Å². The highest BCUT2D eigenvalue weighted by Crippen LogP contribution is 2.19. The van der Waals surface area contributed by atoms with Crippen molar-refractivity contribution in [1.82, 2.24) is 15.0 Å². The maximum absolute atomic E-state index is 4.78. The first-order valence-electron chi connectivity index (χ1n) is 8.43. The van der Waals surface area contributed by atoms with Gasteiger partial charge in [-0.1, -0.05) is 48.0 Å². The second-order valence-corrected chi connectivity index (χ2v) is 6.37. The summed E-state index contributed by atoms with van der Waals surface area (Å²) in [5.74, 6) is 0.668. The van der Waals surface area contributed by atoms with Crippen LogP contribution < -0.4 is 0 Å². The molecule has 2 aromatic carbocycles. The highest BCUT2D eigenvalue weighted by Gasteiger charge is 2.07. The monoisotopic (exact) mass is 325 g/mol. The van der Waals surface area contributed by atoms with E-state index in [-0.39, 0.29) is 0 Å². The minimum atomic E-state index is 0.668. The van der Waals surface area contributed by atoms with Gasteiger partial charge in [0.1, 0.15) is 5.69 Å². The number of para-hydroxylation sites is 1. The molecule has 3 heteroatoms.